The zero-order valence-corrected chi connectivity index (χ0v) is 6.85. The number of unbranched alkanes of at least 4 members (excludes halogenated alkanes) is 1. The molecular formula is C7H18N2O. The van der Waals surface area contributed by atoms with Crippen molar-refractivity contribution in [1.29, 1.82) is 0 Å². The van der Waals surface area contributed by atoms with Crippen LogP contribution < -0.4 is 11.1 Å². The van der Waals surface area contributed by atoms with Gasteiger partial charge in [0.2, 0.25) is 0 Å². The lowest BCUT2D eigenvalue weighted by Crippen LogP contribution is -2.39. The van der Waals surface area contributed by atoms with Gasteiger partial charge in [0.1, 0.15) is 5.72 Å². The van der Waals surface area contributed by atoms with Crippen molar-refractivity contribution in [2.75, 3.05) is 13.1 Å². The van der Waals surface area contributed by atoms with E-state index in [1.54, 1.807) is 13.8 Å². The molecule has 0 spiro atoms. The Morgan fingerprint density at radius 2 is 2.00 bits per heavy atom. The van der Waals surface area contributed by atoms with Gasteiger partial charge in [-0.05, 0) is 39.8 Å². The molecule has 62 valence electrons. The minimum Gasteiger partial charge on any atom is -0.376 e. The Labute approximate surface area is 62.6 Å². The monoisotopic (exact) mass is 146 g/mol. The molecule has 4 N–H and O–H groups in total. The van der Waals surface area contributed by atoms with E-state index in [-0.39, 0.29) is 0 Å². The van der Waals surface area contributed by atoms with Gasteiger partial charge in [0.15, 0.2) is 0 Å². The van der Waals surface area contributed by atoms with E-state index in [1.807, 2.05) is 0 Å². The second-order valence-corrected chi connectivity index (χ2v) is 2.98. The van der Waals surface area contributed by atoms with Crippen molar-refractivity contribution in [1.82, 2.24) is 5.32 Å². The highest BCUT2D eigenvalue weighted by atomic mass is 16.3. The molecule has 0 aromatic carbocycles. The first-order valence-electron chi connectivity index (χ1n) is 3.74. The first-order valence-corrected chi connectivity index (χ1v) is 3.74. The molecule has 0 aromatic heterocycles. The Bertz CT molecular complexity index is 78.2. The molecule has 3 heteroatoms. The predicted molar refractivity (Wildman–Crippen MR) is 42.6 cm³/mol. The van der Waals surface area contributed by atoms with Crippen LogP contribution in [0.1, 0.15) is 26.7 Å². The third-order valence-electron chi connectivity index (χ3n) is 1.19. The van der Waals surface area contributed by atoms with Crippen LogP contribution in [0.5, 0.6) is 0 Å². The Morgan fingerprint density at radius 1 is 1.40 bits per heavy atom. The lowest BCUT2D eigenvalue weighted by Gasteiger charge is -2.18. The zero-order valence-electron chi connectivity index (χ0n) is 6.85. The summed E-state index contributed by atoms with van der Waals surface area (Å²) in [5, 5.41) is 12.1. The van der Waals surface area contributed by atoms with Gasteiger partial charge in [-0.3, -0.25) is 5.32 Å². The number of hydrogen-bond acceptors (Lipinski definition) is 3. The van der Waals surface area contributed by atoms with Gasteiger partial charge in [-0.2, -0.15) is 0 Å². The second kappa shape index (κ2) is 4.66. The SMILES string of the molecule is CC(C)(O)NCCCCN. The third-order valence-corrected chi connectivity index (χ3v) is 1.19. The van der Waals surface area contributed by atoms with Crippen molar-refractivity contribution >= 4 is 0 Å². The molecule has 0 saturated heterocycles. The van der Waals surface area contributed by atoms with Crippen LogP contribution >= 0.6 is 0 Å². The minimum absolute atomic E-state index is 0.730. The van der Waals surface area contributed by atoms with Gasteiger partial charge >= 0.3 is 0 Å². The molecule has 0 rings (SSSR count). The summed E-state index contributed by atoms with van der Waals surface area (Å²) < 4.78 is 0. The molecule has 0 fully saturated rings. The molecule has 0 aliphatic carbocycles. The van der Waals surface area contributed by atoms with Gasteiger partial charge in [0.05, 0.1) is 0 Å². The maximum absolute atomic E-state index is 9.17. The Morgan fingerprint density at radius 3 is 2.40 bits per heavy atom. The number of aliphatic hydroxyl groups is 1. The number of nitrogens with one attached hydrogen (secondary N) is 1. The van der Waals surface area contributed by atoms with Crippen molar-refractivity contribution in [3.63, 3.8) is 0 Å². The van der Waals surface area contributed by atoms with Crippen molar-refractivity contribution in [2.45, 2.75) is 32.4 Å². The molecule has 0 unspecified atom stereocenters. The fourth-order valence-electron chi connectivity index (χ4n) is 0.664. The lowest BCUT2D eigenvalue weighted by molar-refractivity contribution is 0.0436. The second-order valence-electron chi connectivity index (χ2n) is 2.98. The smallest absolute Gasteiger partial charge is 0.110 e. The maximum Gasteiger partial charge on any atom is 0.110 e. The highest BCUT2D eigenvalue weighted by Gasteiger charge is 2.08. The number of rotatable bonds is 5. The van der Waals surface area contributed by atoms with Gasteiger partial charge in [0.25, 0.3) is 0 Å². The molecule has 0 saturated carbocycles. The number of hydrogen-bond donors (Lipinski definition) is 3. The summed E-state index contributed by atoms with van der Waals surface area (Å²) >= 11 is 0. The lowest BCUT2D eigenvalue weighted by atomic mass is 10.2. The first kappa shape index (κ1) is 9.88. The van der Waals surface area contributed by atoms with Gasteiger partial charge < -0.3 is 10.8 Å². The summed E-state index contributed by atoms with van der Waals surface area (Å²) in [6, 6.07) is 0. The molecule has 0 heterocycles. The van der Waals surface area contributed by atoms with E-state index in [2.05, 4.69) is 5.32 Å². The van der Waals surface area contributed by atoms with E-state index < -0.39 is 5.72 Å². The molecule has 3 nitrogen and oxygen atoms in total. The normalized spacial score (nSPS) is 12.0. The average molecular weight is 146 g/mol. The van der Waals surface area contributed by atoms with Crippen molar-refractivity contribution in [3.05, 3.63) is 0 Å². The van der Waals surface area contributed by atoms with E-state index in [4.69, 9.17) is 5.73 Å². The molecule has 0 radical (unpaired) electrons. The van der Waals surface area contributed by atoms with Crippen LogP contribution in [0.4, 0.5) is 0 Å². The Hall–Kier alpha value is -0.120. The molecule has 10 heavy (non-hydrogen) atoms. The van der Waals surface area contributed by atoms with Gasteiger partial charge in [-0.1, -0.05) is 0 Å². The maximum atomic E-state index is 9.17. The van der Waals surface area contributed by atoms with Crippen molar-refractivity contribution in [2.24, 2.45) is 5.73 Å². The highest BCUT2D eigenvalue weighted by molar-refractivity contribution is 4.60. The van der Waals surface area contributed by atoms with Crippen molar-refractivity contribution in [3.8, 4) is 0 Å². The summed E-state index contributed by atoms with van der Waals surface area (Å²) in [5.41, 5.74) is 4.55. The standard InChI is InChI=1S/C7H18N2O/c1-7(2,10)9-6-4-3-5-8/h9-10H,3-6,8H2,1-2H3. The van der Waals surface area contributed by atoms with Crippen LogP contribution in [0.15, 0.2) is 0 Å². The molecule has 0 aromatic rings. The molecule has 0 atom stereocenters. The van der Waals surface area contributed by atoms with Gasteiger partial charge in [-0.25, -0.2) is 0 Å². The fraction of sp³-hybridized carbons (Fsp3) is 1.00. The Balaban J connectivity index is 3.04. The van der Waals surface area contributed by atoms with E-state index in [0.717, 1.165) is 25.9 Å². The van der Waals surface area contributed by atoms with Crippen LogP contribution in [0, 0.1) is 0 Å². The molecule has 0 amide bonds. The van der Waals surface area contributed by atoms with Gasteiger partial charge in [0, 0.05) is 0 Å². The van der Waals surface area contributed by atoms with Crippen LogP contribution in [0.2, 0.25) is 0 Å². The number of nitrogens with two attached hydrogens (primary N) is 1. The van der Waals surface area contributed by atoms with Crippen LogP contribution in [0.3, 0.4) is 0 Å². The van der Waals surface area contributed by atoms with E-state index in [1.165, 1.54) is 0 Å². The van der Waals surface area contributed by atoms with Gasteiger partial charge in [-0.15, -0.1) is 0 Å². The topological polar surface area (TPSA) is 58.3 Å². The molecule has 0 bridgehead atoms. The summed E-state index contributed by atoms with van der Waals surface area (Å²) in [5.74, 6) is 0. The van der Waals surface area contributed by atoms with Crippen LogP contribution in [-0.4, -0.2) is 23.9 Å². The van der Waals surface area contributed by atoms with E-state index >= 15 is 0 Å². The first-order chi connectivity index (χ1) is 4.56. The third kappa shape index (κ3) is 7.88. The fourth-order valence-corrected chi connectivity index (χ4v) is 0.664. The summed E-state index contributed by atoms with van der Waals surface area (Å²) in [4.78, 5) is 0. The molecule has 0 aliphatic rings. The van der Waals surface area contributed by atoms with E-state index in [9.17, 15) is 5.11 Å². The summed E-state index contributed by atoms with van der Waals surface area (Å²) in [7, 11) is 0. The summed E-state index contributed by atoms with van der Waals surface area (Å²) in [6.45, 7) is 5.03. The van der Waals surface area contributed by atoms with Crippen LogP contribution in [-0.2, 0) is 0 Å². The quantitative estimate of drug-likeness (QED) is 0.379. The Kier molecular flexibility index (Phi) is 4.60. The van der Waals surface area contributed by atoms with Crippen LogP contribution in [0.25, 0.3) is 0 Å². The highest BCUT2D eigenvalue weighted by Crippen LogP contribution is 1.94. The zero-order chi connectivity index (χ0) is 8.04. The minimum atomic E-state index is -0.741. The largest absolute Gasteiger partial charge is 0.376 e. The predicted octanol–water partition coefficient (Wildman–Crippen LogP) is 0.0433. The molecule has 0 aliphatic heterocycles. The van der Waals surface area contributed by atoms with E-state index in [0.29, 0.717) is 0 Å². The molecular weight excluding hydrogens is 128 g/mol. The van der Waals surface area contributed by atoms with Crippen molar-refractivity contribution < 1.29 is 5.11 Å². The summed E-state index contributed by atoms with van der Waals surface area (Å²) in [6.07, 6.45) is 2.05. The average Bonchev–Trinajstić information content (AvgIpc) is 1.78.